The van der Waals surface area contributed by atoms with Crippen molar-refractivity contribution < 1.29 is 9.90 Å². The molecule has 1 fully saturated rings. The second-order valence-electron chi connectivity index (χ2n) is 6.52. The number of hydrogen-bond donors (Lipinski definition) is 1. The number of amides is 1. The molecule has 2 aromatic rings. The Bertz CT molecular complexity index is 682. The van der Waals surface area contributed by atoms with E-state index in [0.29, 0.717) is 6.04 Å². The first-order chi connectivity index (χ1) is 11.2. The van der Waals surface area contributed by atoms with Gasteiger partial charge in [-0.15, -0.1) is 0 Å². The van der Waals surface area contributed by atoms with Crippen LogP contribution in [0.4, 0.5) is 0 Å². The number of carbonyl (C=O) groups is 1. The fourth-order valence-electron chi connectivity index (χ4n) is 3.62. The number of likely N-dealkylation sites (tertiary alicyclic amines) is 1. The lowest BCUT2D eigenvalue weighted by Crippen LogP contribution is -2.38. The number of carbonyl (C=O) groups excluding carboxylic acids is 1. The largest absolute Gasteiger partial charge is 0.396 e. The molecule has 3 rings (SSSR count). The molecule has 0 spiro atoms. The summed E-state index contributed by atoms with van der Waals surface area (Å²) in [4.78, 5) is 15.0. The van der Waals surface area contributed by atoms with Gasteiger partial charge in [-0.05, 0) is 48.9 Å². The molecule has 3 nitrogen and oxygen atoms in total. The van der Waals surface area contributed by atoms with Gasteiger partial charge in [-0.1, -0.05) is 42.5 Å². The summed E-state index contributed by atoms with van der Waals surface area (Å²) in [5.41, 5.74) is 1.08. The molecular formula is C20H25NO2. The number of rotatable bonds is 5. The lowest BCUT2D eigenvalue weighted by atomic mass is 9.96. The number of benzene rings is 2. The molecule has 23 heavy (non-hydrogen) atoms. The van der Waals surface area contributed by atoms with Gasteiger partial charge in [-0.25, -0.2) is 0 Å². The van der Waals surface area contributed by atoms with Gasteiger partial charge in [0.2, 0.25) is 5.91 Å². The van der Waals surface area contributed by atoms with Crippen molar-refractivity contribution in [2.45, 2.75) is 44.6 Å². The third-order valence-corrected chi connectivity index (χ3v) is 5.00. The van der Waals surface area contributed by atoms with Crippen LogP contribution in [0, 0.1) is 0 Å². The van der Waals surface area contributed by atoms with E-state index in [1.54, 1.807) is 0 Å². The number of aliphatic hydroxyl groups is 1. The van der Waals surface area contributed by atoms with Gasteiger partial charge < -0.3 is 10.0 Å². The van der Waals surface area contributed by atoms with Crippen molar-refractivity contribution in [3.63, 3.8) is 0 Å². The van der Waals surface area contributed by atoms with Gasteiger partial charge in [0.05, 0.1) is 5.92 Å². The maximum absolute atomic E-state index is 12.9. The highest BCUT2D eigenvalue weighted by atomic mass is 16.3. The second-order valence-corrected chi connectivity index (χ2v) is 6.52. The Hall–Kier alpha value is -1.87. The van der Waals surface area contributed by atoms with E-state index in [2.05, 4.69) is 30.3 Å². The van der Waals surface area contributed by atoms with E-state index in [0.717, 1.165) is 37.8 Å². The first-order valence-corrected chi connectivity index (χ1v) is 8.60. The Balaban J connectivity index is 1.77. The summed E-state index contributed by atoms with van der Waals surface area (Å²) in [5.74, 6) is 0.107. The fourth-order valence-corrected chi connectivity index (χ4v) is 3.62. The molecular weight excluding hydrogens is 286 g/mol. The molecule has 3 heteroatoms. The number of aliphatic hydroxyl groups excluding tert-OH is 1. The van der Waals surface area contributed by atoms with Crippen LogP contribution in [0.2, 0.25) is 0 Å². The van der Waals surface area contributed by atoms with E-state index >= 15 is 0 Å². The maximum atomic E-state index is 12.9. The summed E-state index contributed by atoms with van der Waals surface area (Å²) < 4.78 is 0. The van der Waals surface area contributed by atoms with Crippen LogP contribution < -0.4 is 0 Å². The molecule has 0 aliphatic carbocycles. The summed E-state index contributed by atoms with van der Waals surface area (Å²) in [6, 6.07) is 14.9. The Labute approximate surface area is 137 Å². The predicted octanol–water partition coefficient (Wildman–Crippen LogP) is 3.71. The van der Waals surface area contributed by atoms with Crippen LogP contribution >= 0.6 is 0 Å². The molecule has 0 radical (unpaired) electrons. The average molecular weight is 311 g/mol. The van der Waals surface area contributed by atoms with Crippen LogP contribution in [-0.4, -0.2) is 35.1 Å². The van der Waals surface area contributed by atoms with E-state index in [1.807, 2.05) is 24.0 Å². The summed E-state index contributed by atoms with van der Waals surface area (Å²) in [5, 5.41) is 11.4. The van der Waals surface area contributed by atoms with Crippen LogP contribution in [0.5, 0.6) is 0 Å². The van der Waals surface area contributed by atoms with Crippen molar-refractivity contribution in [1.29, 1.82) is 0 Å². The Morgan fingerprint density at radius 3 is 2.83 bits per heavy atom. The molecule has 1 aliphatic rings. The first-order valence-electron chi connectivity index (χ1n) is 8.60. The molecule has 0 bridgehead atoms. The van der Waals surface area contributed by atoms with Gasteiger partial charge in [0.1, 0.15) is 0 Å². The number of hydrogen-bond acceptors (Lipinski definition) is 2. The molecule has 2 atom stereocenters. The minimum absolute atomic E-state index is 0.116. The molecule has 1 amide bonds. The van der Waals surface area contributed by atoms with Crippen LogP contribution in [0.15, 0.2) is 42.5 Å². The van der Waals surface area contributed by atoms with Gasteiger partial charge in [0.15, 0.2) is 0 Å². The number of nitrogens with zero attached hydrogens (tertiary/aromatic N) is 1. The van der Waals surface area contributed by atoms with E-state index in [9.17, 15) is 4.79 Å². The molecule has 0 saturated carbocycles. The lowest BCUT2D eigenvalue weighted by Gasteiger charge is -2.27. The standard InChI is InChI=1S/C20H25NO2/c1-15(17-11-10-16-6-2-3-7-18(16)14-17)20(23)21-12-4-8-19(21)9-5-13-22/h2-3,6-7,10-11,14-15,19,22H,4-5,8-9,12-13H2,1H3. The van der Waals surface area contributed by atoms with Gasteiger partial charge in [-0.3, -0.25) is 4.79 Å². The Morgan fingerprint density at radius 1 is 1.26 bits per heavy atom. The zero-order valence-electron chi connectivity index (χ0n) is 13.7. The van der Waals surface area contributed by atoms with E-state index in [-0.39, 0.29) is 18.4 Å². The van der Waals surface area contributed by atoms with E-state index in [4.69, 9.17) is 5.11 Å². The van der Waals surface area contributed by atoms with E-state index < -0.39 is 0 Å². The number of fused-ring (bicyclic) bond motifs is 1. The SMILES string of the molecule is CC(C(=O)N1CCCC1CCCO)c1ccc2ccccc2c1. The normalized spacial score (nSPS) is 19.2. The molecule has 1 aliphatic heterocycles. The predicted molar refractivity (Wildman–Crippen MR) is 93.4 cm³/mol. The molecule has 2 aromatic carbocycles. The Kier molecular flexibility index (Phi) is 4.97. The van der Waals surface area contributed by atoms with Crippen LogP contribution in [0.1, 0.15) is 44.1 Å². The van der Waals surface area contributed by atoms with Crippen molar-refractivity contribution in [1.82, 2.24) is 4.90 Å². The first kappa shape index (κ1) is 16.0. The molecule has 1 saturated heterocycles. The van der Waals surface area contributed by atoms with Gasteiger partial charge in [-0.2, -0.15) is 0 Å². The third kappa shape index (κ3) is 3.40. The summed E-state index contributed by atoms with van der Waals surface area (Å²) in [6.07, 6.45) is 3.83. The second kappa shape index (κ2) is 7.14. The minimum Gasteiger partial charge on any atom is -0.396 e. The molecule has 2 unspecified atom stereocenters. The molecule has 1 N–H and O–H groups in total. The smallest absolute Gasteiger partial charge is 0.230 e. The van der Waals surface area contributed by atoms with Crippen LogP contribution in [0.3, 0.4) is 0 Å². The lowest BCUT2D eigenvalue weighted by molar-refractivity contribution is -0.133. The van der Waals surface area contributed by atoms with Gasteiger partial charge >= 0.3 is 0 Å². The zero-order valence-corrected chi connectivity index (χ0v) is 13.7. The molecule has 122 valence electrons. The monoisotopic (exact) mass is 311 g/mol. The summed E-state index contributed by atoms with van der Waals surface area (Å²) >= 11 is 0. The fraction of sp³-hybridized carbons (Fsp3) is 0.450. The maximum Gasteiger partial charge on any atom is 0.230 e. The van der Waals surface area contributed by atoms with Crippen LogP contribution in [-0.2, 0) is 4.79 Å². The topological polar surface area (TPSA) is 40.5 Å². The van der Waals surface area contributed by atoms with Crippen molar-refractivity contribution in [2.24, 2.45) is 0 Å². The van der Waals surface area contributed by atoms with Crippen molar-refractivity contribution >= 4 is 16.7 Å². The highest BCUT2D eigenvalue weighted by molar-refractivity contribution is 5.88. The van der Waals surface area contributed by atoms with Gasteiger partial charge in [0.25, 0.3) is 0 Å². The van der Waals surface area contributed by atoms with E-state index in [1.165, 1.54) is 10.8 Å². The van der Waals surface area contributed by atoms with Crippen molar-refractivity contribution in [2.75, 3.05) is 13.2 Å². The molecule has 1 heterocycles. The molecule has 0 aromatic heterocycles. The highest BCUT2D eigenvalue weighted by Crippen LogP contribution is 2.28. The minimum atomic E-state index is -0.116. The summed E-state index contributed by atoms with van der Waals surface area (Å²) in [7, 11) is 0. The Morgan fingerprint density at radius 2 is 2.04 bits per heavy atom. The third-order valence-electron chi connectivity index (χ3n) is 5.00. The van der Waals surface area contributed by atoms with Crippen LogP contribution in [0.25, 0.3) is 10.8 Å². The highest BCUT2D eigenvalue weighted by Gasteiger charge is 2.31. The zero-order chi connectivity index (χ0) is 16.2. The van der Waals surface area contributed by atoms with Crippen molar-refractivity contribution in [3.05, 3.63) is 48.0 Å². The quantitative estimate of drug-likeness (QED) is 0.914. The average Bonchev–Trinajstić information content (AvgIpc) is 3.06. The van der Waals surface area contributed by atoms with Gasteiger partial charge in [0, 0.05) is 19.2 Å². The summed E-state index contributed by atoms with van der Waals surface area (Å²) in [6.45, 7) is 3.07. The van der Waals surface area contributed by atoms with Crippen molar-refractivity contribution in [3.8, 4) is 0 Å².